The van der Waals surface area contributed by atoms with E-state index in [1.807, 2.05) is 0 Å². The number of hydrogen-bond acceptors (Lipinski definition) is 4. The molecule has 17 heavy (non-hydrogen) atoms. The lowest BCUT2D eigenvalue weighted by Gasteiger charge is -2.08. The molecule has 3 N–H and O–H groups in total. The zero-order valence-corrected chi connectivity index (χ0v) is 10.8. The van der Waals surface area contributed by atoms with E-state index in [0.29, 0.717) is 6.42 Å². The Morgan fingerprint density at radius 3 is 2.88 bits per heavy atom. The van der Waals surface area contributed by atoms with E-state index in [1.54, 1.807) is 6.92 Å². The summed E-state index contributed by atoms with van der Waals surface area (Å²) < 4.78 is 18.2. The van der Waals surface area contributed by atoms with Gasteiger partial charge in [0.05, 0.1) is 24.0 Å². The number of nitrogens with two attached hydrogens (primary N) is 1. The third kappa shape index (κ3) is 3.98. The van der Waals surface area contributed by atoms with E-state index >= 15 is 0 Å². The summed E-state index contributed by atoms with van der Waals surface area (Å²) in [6, 6.07) is 2.32. The Bertz CT molecular complexity index is 423. The van der Waals surface area contributed by atoms with Crippen LogP contribution in [0, 0.1) is 5.82 Å². The molecule has 0 aliphatic heterocycles. The van der Waals surface area contributed by atoms with E-state index in [0.717, 1.165) is 6.07 Å². The van der Waals surface area contributed by atoms with Crippen LogP contribution in [0.5, 0.6) is 0 Å². The molecule has 0 saturated heterocycles. The molecule has 1 atom stereocenters. The number of anilines is 1. The van der Waals surface area contributed by atoms with Gasteiger partial charge in [-0.05, 0) is 35.0 Å². The van der Waals surface area contributed by atoms with Gasteiger partial charge < -0.3 is 15.6 Å². The lowest BCUT2D eigenvalue weighted by atomic mass is 10.2. The maximum Gasteiger partial charge on any atom is 0.339 e. The molecule has 0 radical (unpaired) electrons. The molecule has 4 nitrogen and oxygen atoms in total. The minimum atomic E-state index is -0.607. The average molecular weight is 306 g/mol. The number of carbonyl (C=O) groups excluding carboxylic acids is 1. The fourth-order valence-electron chi connectivity index (χ4n) is 1.12. The summed E-state index contributed by atoms with van der Waals surface area (Å²) in [5.74, 6) is -1.21. The Kier molecular flexibility index (Phi) is 4.89. The second-order valence-electron chi connectivity index (χ2n) is 3.63. The summed E-state index contributed by atoms with van der Waals surface area (Å²) >= 11 is 3.06. The van der Waals surface area contributed by atoms with Crippen molar-refractivity contribution >= 4 is 27.6 Å². The molecule has 94 valence electrons. The number of carbonyl (C=O) groups is 1. The molecule has 0 heterocycles. The van der Waals surface area contributed by atoms with Gasteiger partial charge >= 0.3 is 5.97 Å². The van der Waals surface area contributed by atoms with Crippen LogP contribution in [0.3, 0.4) is 0 Å². The van der Waals surface area contributed by atoms with E-state index in [4.69, 9.17) is 15.6 Å². The smallest absolute Gasteiger partial charge is 0.339 e. The molecule has 0 saturated carbocycles. The molecule has 0 aromatic heterocycles. The standard InChI is InChI=1S/C11H13BrFNO3/c1-6(15)2-3-17-11(16)7-4-10(14)9(13)5-8(7)12/h4-6,15H,2-3,14H2,1H3. The van der Waals surface area contributed by atoms with Crippen LogP contribution in [-0.2, 0) is 4.74 Å². The van der Waals surface area contributed by atoms with Gasteiger partial charge in [0.2, 0.25) is 0 Å². The highest BCUT2D eigenvalue weighted by molar-refractivity contribution is 9.10. The molecular weight excluding hydrogens is 293 g/mol. The van der Waals surface area contributed by atoms with E-state index in [9.17, 15) is 9.18 Å². The first-order valence-corrected chi connectivity index (χ1v) is 5.81. The van der Waals surface area contributed by atoms with Crippen molar-refractivity contribution in [2.45, 2.75) is 19.4 Å². The van der Waals surface area contributed by atoms with Crippen LogP contribution in [-0.4, -0.2) is 23.8 Å². The van der Waals surface area contributed by atoms with Gasteiger partial charge in [0, 0.05) is 10.9 Å². The largest absolute Gasteiger partial charge is 0.462 e. The minimum Gasteiger partial charge on any atom is -0.462 e. The number of rotatable bonds is 4. The highest BCUT2D eigenvalue weighted by Gasteiger charge is 2.14. The van der Waals surface area contributed by atoms with Crippen molar-refractivity contribution in [3.05, 3.63) is 28.0 Å². The normalized spacial score (nSPS) is 12.2. The Morgan fingerprint density at radius 2 is 2.29 bits per heavy atom. The van der Waals surface area contributed by atoms with E-state index < -0.39 is 17.9 Å². The number of aliphatic hydroxyl groups excluding tert-OH is 1. The van der Waals surface area contributed by atoms with E-state index in [-0.39, 0.29) is 22.3 Å². The van der Waals surface area contributed by atoms with Gasteiger partial charge in [-0.3, -0.25) is 0 Å². The lowest BCUT2D eigenvalue weighted by Crippen LogP contribution is -2.12. The number of benzene rings is 1. The Hall–Kier alpha value is -1.14. The first-order valence-electron chi connectivity index (χ1n) is 5.01. The van der Waals surface area contributed by atoms with Gasteiger partial charge in [0.1, 0.15) is 5.82 Å². The van der Waals surface area contributed by atoms with E-state index in [2.05, 4.69) is 15.9 Å². The zero-order valence-electron chi connectivity index (χ0n) is 9.24. The third-order valence-electron chi connectivity index (χ3n) is 2.08. The summed E-state index contributed by atoms with van der Waals surface area (Å²) in [6.07, 6.45) is -0.190. The summed E-state index contributed by atoms with van der Waals surface area (Å²) in [5, 5.41) is 9.00. The number of hydrogen-bond donors (Lipinski definition) is 2. The first kappa shape index (κ1) is 13.9. The van der Waals surface area contributed by atoms with Crippen LogP contribution in [0.15, 0.2) is 16.6 Å². The molecule has 0 aliphatic carbocycles. The molecule has 0 aliphatic rings. The predicted octanol–water partition coefficient (Wildman–Crippen LogP) is 2.10. The van der Waals surface area contributed by atoms with Crippen LogP contribution in [0.25, 0.3) is 0 Å². The molecule has 6 heteroatoms. The van der Waals surface area contributed by atoms with Gasteiger partial charge in [0.25, 0.3) is 0 Å². The van der Waals surface area contributed by atoms with E-state index in [1.165, 1.54) is 6.07 Å². The highest BCUT2D eigenvalue weighted by atomic mass is 79.9. The van der Waals surface area contributed by atoms with Crippen molar-refractivity contribution < 1.29 is 19.0 Å². The van der Waals surface area contributed by atoms with Crippen molar-refractivity contribution in [1.82, 2.24) is 0 Å². The highest BCUT2D eigenvalue weighted by Crippen LogP contribution is 2.23. The number of ether oxygens (including phenoxy) is 1. The zero-order chi connectivity index (χ0) is 13.0. The molecule has 0 bridgehead atoms. The topological polar surface area (TPSA) is 72.5 Å². The van der Waals surface area contributed by atoms with Crippen molar-refractivity contribution in [3.8, 4) is 0 Å². The maximum atomic E-state index is 13.0. The van der Waals surface area contributed by atoms with Crippen LogP contribution in [0.4, 0.5) is 10.1 Å². The second-order valence-corrected chi connectivity index (χ2v) is 4.48. The number of nitrogen functional groups attached to an aromatic ring is 1. The Balaban J connectivity index is 2.72. The minimum absolute atomic E-state index is 0.0974. The molecule has 0 fully saturated rings. The lowest BCUT2D eigenvalue weighted by molar-refractivity contribution is 0.0443. The summed E-state index contributed by atoms with van der Waals surface area (Å²) in [7, 11) is 0. The van der Waals surface area contributed by atoms with Crippen LogP contribution in [0.1, 0.15) is 23.7 Å². The molecule has 1 rings (SSSR count). The van der Waals surface area contributed by atoms with Crippen molar-refractivity contribution in [3.63, 3.8) is 0 Å². The van der Waals surface area contributed by atoms with Crippen LogP contribution >= 0.6 is 15.9 Å². The molecular formula is C11H13BrFNO3. The summed E-state index contributed by atoms with van der Waals surface area (Å²) in [5.41, 5.74) is 5.41. The number of esters is 1. The number of halogens is 2. The van der Waals surface area contributed by atoms with Crippen molar-refractivity contribution in [2.24, 2.45) is 0 Å². The van der Waals surface area contributed by atoms with Gasteiger partial charge in [-0.1, -0.05) is 0 Å². The molecule has 1 aromatic carbocycles. The summed E-state index contributed by atoms with van der Waals surface area (Å²) in [6.45, 7) is 1.69. The predicted molar refractivity (Wildman–Crippen MR) is 65.1 cm³/mol. The summed E-state index contributed by atoms with van der Waals surface area (Å²) in [4.78, 5) is 11.6. The molecule has 1 aromatic rings. The fraction of sp³-hybridized carbons (Fsp3) is 0.364. The molecule has 1 unspecified atom stereocenters. The average Bonchev–Trinajstić information content (AvgIpc) is 2.22. The van der Waals surface area contributed by atoms with Crippen LogP contribution < -0.4 is 5.73 Å². The SMILES string of the molecule is CC(O)CCOC(=O)c1cc(N)c(F)cc1Br. The molecule has 0 amide bonds. The van der Waals surface area contributed by atoms with Gasteiger partial charge in [-0.2, -0.15) is 0 Å². The molecule has 0 spiro atoms. The quantitative estimate of drug-likeness (QED) is 0.660. The van der Waals surface area contributed by atoms with Crippen molar-refractivity contribution in [1.29, 1.82) is 0 Å². The van der Waals surface area contributed by atoms with Gasteiger partial charge in [0.15, 0.2) is 0 Å². The maximum absolute atomic E-state index is 13.0. The van der Waals surface area contributed by atoms with Gasteiger partial charge in [-0.25, -0.2) is 9.18 Å². The van der Waals surface area contributed by atoms with Crippen molar-refractivity contribution in [2.75, 3.05) is 12.3 Å². The Labute approximate surface area is 107 Å². The third-order valence-corrected chi connectivity index (χ3v) is 2.73. The Morgan fingerprint density at radius 1 is 1.65 bits per heavy atom. The first-order chi connectivity index (χ1) is 7.91. The number of aliphatic hydroxyl groups is 1. The second kappa shape index (κ2) is 5.97. The fourth-order valence-corrected chi connectivity index (χ4v) is 1.60. The monoisotopic (exact) mass is 305 g/mol. The van der Waals surface area contributed by atoms with Crippen LogP contribution in [0.2, 0.25) is 0 Å². The van der Waals surface area contributed by atoms with Gasteiger partial charge in [-0.15, -0.1) is 0 Å².